The number of anilines is 1. The van der Waals surface area contributed by atoms with E-state index in [1.807, 2.05) is 18.2 Å². The molecule has 2 aliphatic heterocycles. The third-order valence-electron chi connectivity index (χ3n) is 4.90. The molecule has 5 heteroatoms. The van der Waals surface area contributed by atoms with E-state index in [0.717, 1.165) is 24.1 Å². The van der Waals surface area contributed by atoms with Gasteiger partial charge in [-0.25, -0.2) is 4.79 Å². The molecule has 1 saturated heterocycles. The lowest BCUT2D eigenvalue weighted by atomic mass is 9.93. The fourth-order valence-corrected chi connectivity index (χ4v) is 3.83. The van der Waals surface area contributed by atoms with Crippen LogP contribution in [0.25, 0.3) is 0 Å². The van der Waals surface area contributed by atoms with Crippen LogP contribution in [0.1, 0.15) is 40.9 Å². The van der Waals surface area contributed by atoms with Gasteiger partial charge in [0.15, 0.2) is 0 Å². The third kappa shape index (κ3) is 2.74. The topological polar surface area (TPSA) is 59.0 Å². The Bertz CT molecular complexity index is 790. The normalized spacial score (nSPS) is 21.6. The van der Waals surface area contributed by atoms with E-state index in [1.54, 1.807) is 13.0 Å². The molecule has 0 saturated carbocycles. The van der Waals surface area contributed by atoms with Gasteiger partial charge >= 0.3 is 5.97 Å². The Morgan fingerprint density at radius 2 is 2.12 bits per heavy atom. The van der Waals surface area contributed by atoms with E-state index >= 15 is 0 Å². The lowest BCUT2D eigenvalue weighted by Crippen LogP contribution is -2.37. The number of carbonyl (C=O) groups excluding carboxylic acids is 1. The molecule has 2 heterocycles. The van der Waals surface area contributed by atoms with Gasteiger partial charge in [0.1, 0.15) is 12.0 Å². The number of ether oxygens (including phenoxy) is 2. The number of benzene rings is 2. The molecular weight excluding hydrogens is 318 g/mol. The minimum absolute atomic E-state index is 0.0328. The molecule has 2 aromatic carbocycles. The highest BCUT2D eigenvalue weighted by molar-refractivity contribution is 5.94. The van der Waals surface area contributed by atoms with E-state index in [4.69, 9.17) is 9.47 Å². The van der Waals surface area contributed by atoms with Gasteiger partial charge in [-0.2, -0.15) is 0 Å². The number of hydrogen-bond donors (Lipinski definition) is 1. The molecule has 0 bridgehead atoms. The molecule has 2 aromatic rings. The maximum absolute atomic E-state index is 12.3. The van der Waals surface area contributed by atoms with E-state index in [1.165, 1.54) is 11.6 Å². The second-order valence-electron chi connectivity index (χ2n) is 6.37. The average Bonchev–Trinajstić information content (AvgIpc) is 3.06. The summed E-state index contributed by atoms with van der Waals surface area (Å²) in [6, 6.07) is 13.5. The summed E-state index contributed by atoms with van der Waals surface area (Å²) in [5, 5.41) is 10.2. The van der Waals surface area contributed by atoms with Crippen LogP contribution in [0, 0.1) is 0 Å². The zero-order valence-electron chi connectivity index (χ0n) is 14.1. The summed E-state index contributed by atoms with van der Waals surface area (Å²) in [6.07, 6.45) is 1.51. The van der Waals surface area contributed by atoms with Gasteiger partial charge in [0.2, 0.25) is 0 Å². The smallest absolute Gasteiger partial charge is 0.338 e. The summed E-state index contributed by atoms with van der Waals surface area (Å²) in [4.78, 5) is 14.5. The molecule has 5 nitrogen and oxygen atoms in total. The van der Waals surface area contributed by atoms with Crippen molar-refractivity contribution in [2.24, 2.45) is 0 Å². The van der Waals surface area contributed by atoms with E-state index in [-0.39, 0.29) is 24.0 Å². The van der Waals surface area contributed by atoms with Gasteiger partial charge in [-0.1, -0.05) is 30.3 Å². The van der Waals surface area contributed by atoms with Crippen LogP contribution in [0.3, 0.4) is 0 Å². The molecule has 4 rings (SSSR count). The molecule has 25 heavy (non-hydrogen) atoms. The number of esters is 1. The molecule has 1 fully saturated rings. The number of phenols is 1. The molecule has 0 aromatic heterocycles. The Kier molecular flexibility index (Phi) is 4.09. The zero-order valence-corrected chi connectivity index (χ0v) is 14.1. The van der Waals surface area contributed by atoms with E-state index < -0.39 is 0 Å². The first-order valence-corrected chi connectivity index (χ1v) is 8.67. The largest absolute Gasteiger partial charge is 0.508 e. The maximum atomic E-state index is 12.3. The van der Waals surface area contributed by atoms with Crippen LogP contribution >= 0.6 is 0 Å². The highest BCUT2D eigenvalue weighted by Gasteiger charge is 2.40. The van der Waals surface area contributed by atoms with E-state index in [2.05, 4.69) is 17.0 Å². The van der Waals surface area contributed by atoms with Gasteiger partial charge in [-0.3, -0.25) is 0 Å². The molecule has 2 atom stereocenters. The minimum atomic E-state index is -0.385. The van der Waals surface area contributed by atoms with E-state index in [9.17, 15) is 9.90 Å². The van der Waals surface area contributed by atoms with Crippen molar-refractivity contribution in [2.75, 3.05) is 18.1 Å². The van der Waals surface area contributed by atoms with Crippen molar-refractivity contribution >= 4 is 11.7 Å². The molecule has 130 valence electrons. The molecule has 1 unspecified atom stereocenters. The Morgan fingerprint density at radius 3 is 2.88 bits per heavy atom. The van der Waals surface area contributed by atoms with Crippen molar-refractivity contribution < 1.29 is 19.4 Å². The lowest BCUT2D eigenvalue weighted by Gasteiger charge is -2.36. The van der Waals surface area contributed by atoms with Crippen LogP contribution in [0.4, 0.5) is 5.69 Å². The number of aromatic hydroxyl groups is 1. The molecular formula is C20H21NO4. The second-order valence-corrected chi connectivity index (χ2v) is 6.37. The third-order valence-corrected chi connectivity index (χ3v) is 4.90. The molecule has 0 amide bonds. The van der Waals surface area contributed by atoms with E-state index in [0.29, 0.717) is 18.8 Å². The van der Waals surface area contributed by atoms with Crippen LogP contribution < -0.4 is 4.90 Å². The lowest BCUT2D eigenvalue weighted by molar-refractivity contribution is 0.0523. The SMILES string of the molecule is CCOC(=O)c1cc(O)cc2c1CCC1OC[C@@H](c3ccccc3)N21. The molecule has 0 aliphatic carbocycles. The van der Waals surface area contributed by atoms with Crippen molar-refractivity contribution in [2.45, 2.75) is 32.0 Å². The summed E-state index contributed by atoms with van der Waals surface area (Å²) in [6.45, 7) is 2.69. The van der Waals surface area contributed by atoms with Crippen LogP contribution in [0.5, 0.6) is 5.75 Å². The number of phenolic OH excluding ortho intramolecular Hbond substituents is 1. The highest BCUT2D eigenvalue weighted by Crippen LogP contribution is 2.44. The Hall–Kier alpha value is -2.53. The summed E-state index contributed by atoms with van der Waals surface area (Å²) < 4.78 is 11.2. The van der Waals surface area contributed by atoms with Crippen molar-refractivity contribution in [3.63, 3.8) is 0 Å². The predicted molar refractivity (Wildman–Crippen MR) is 93.8 cm³/mol. The first-order valence-electron chi connectivity index (χ1n) is 8.67. The molecule has 0 radical (unpaired) electrons. The minimum Gasteiger partial charge on any atom is -0.508 e. The van der Waals surface area contributed by atoms with Crippen LogP contribution in [0.2, 0.25) is 0 Å². The number of fused-ring (bicyclic) bond motifs is 3. The summed E-state index contributed by atoms with van der Waals surface area (Å²) >= 11 is 0. The van der Waals surface area contributed by atoms with Crippen molar-refractivity contribution in [1.29, 1.82) is 0 Å². The van der Waals surface area contributed by atoms with Crippen molar-refractivity contribution in [3.05, 3.63) is 59.2 Å². The first-order chi connectivity index (χ1) is 12.2. The standard InChI is InChI=1S/C20H21NO4/c1-2-24-20(23)16-10-14(22)11-17-15(16)8-9-19-21(17)18(12-25-19)13-6-4-3-5-7-13/h3-7,10-11,18-19,22H,2,8-9,12H2,1H3/t18-,19?/m0/s1. The maximum Gasteiger partial charge on any atom is 0.338 e. The highest BCUT2D eigenvalue weighted by atomic mass is 16.5. The molecule has 2 aliphatic rings. The predicted octanol–water partition coefficient (Wildman–Crippen LogP) is 3.42. The van der Waals surface area contributed by atoms with Gasteiger partial charge in [0.05, 0.1) is 24.8 Å². The van der Waals surface area contributed by atoms with Crippen LogP contribution in [-0.4, -0.2) is 30.5 Å². The van der Waals surface area contributed by atoms with Crippen molar-refractivity contribution in [1.82, 2.24) is 0 Å². The fraction of sp³-hybridized carbons (Fsp3) is 0.350. The second kappa shape index (κ2) is 6.41. The number of carbonyl (C=O) groups is 1. The number of rotatable bonds is 3. The van der Waals surface area contributed by atoms with Gasteiger partial charge in [0.25, 0.3) is 0 Å². The van der Waals surface area contributed by atoms with Gasteiger partial charge in [0, 0.05) is 11.8 Å². The summed E-state index contributed by atoms with van der Waals surface area (Å²) in [5.74, 6) is -0.314. The van der Waals surface area contributed by atoms with Gasteiger partial charge in [-0.05, 0) is 37.0 Å². The molecule has 0 spiro atoms. The average molecular weight is 339 g/mol. The molecule has 1 N–H and O–H groups in total. The monoisotopic (exact) mass is 339 g/mol. The first kappa shape index (κ1) is 16.0. The zero-order chi connectivity index (χ0) is 17.4. The van der Waals surface area contributed by atoms with Gasteiger partial charge in [-0.15, -0.1) is 0 Å². The number of hydrogen-bond acceptors (Lipinski definition) is 5. The summed E-state index contributed by atoms with van der Waals surface area (Å²) in [7, 11) is 0. The quantitative estimate of drug-likeness (QED) is 0.868. The van der Waals surface area contributed by atoms with Crippen LogP contribution in [-0.2, 0) is 15.9 Å². The van der Waals surface area contributed by atoms with Crippen molar-refractivity contribution in [3.8, 4) is 5.75 Å². The number of nitrogens with zero attached hydrogens (tertiary/aromatic N) is 1. The Morgan fingerprint density at radius 1 is 1.32 bits per heavy atom. The van der Waals surface area contributed by atoms with Gasteiger partial charge < -0.3 is 19.5 Å². The summed E-state index contributed by atoms with van der Waals surface area (Å²) in [5.41, 5.74) is 3.41. The Balaban J connectivity index is 1.79. The fourth-order valence-electron chi connectivity index (χ4n) is 3.83. The Labute approximate surface area is 146 Å². The van der Waals surface area contributed by atoms with Crippen LogP contribution in [0.15, 0.2) is 42.5 Å².